The molecule has 3 aromatic rings. The molecule has 1 aromatic carbocycles. The van der Waals surface area contributed by atoms with Gasteiger partial charge in [-0.15, -0.1) is 0 Å². The molecule has 8 heteroatoms. The zero-order chi connectivity index (χ0) is 22.5. The second-order valence-corrected chi connectivity index (χ2v) is 8.94. The highest BCUT2D eigenvalue weighted by Gasteiger charge is 2.58. The van der Waals surface area contributed by atoms with Gasteiger partial charge in [0.05, 0.1) is 24.1 Å². The minimum absolute atomic E-state index is 0.135. The molecule has 166 valence electrons. The Morgan fingerprint density at radius 2 is 1.88 bits per heavy atom. The third-order valence-corrected chi connectivity index (χ3v) is 6.77. The molecule has 8 nitrogen and oxygen atoms in total. The normalized spacial score (nSPS) is 17.8. The SMILES string of the molecule is Cc1cccc(CN2C(=O)N(c3cnn(Cc4c(C)noc4C)c3)C(=O)C23CCCC3)c1. The van der Waals surface area contributed by atoms with Crippen LogP contribution < -0.4 is 4.90 Å². The zero-order valence-electron chi connectivity index (χ0n) is 18.7. The second kappa shape index (κ2) is 7.62. The molecule has 1 spiro atoms. The van der Waals surface area contributed by atoms with Crippen molar-refractivity contribution in [2.45, 2.75) is 65.1 Å². The van der Waals surface area contributed by atoms with E-state index in [4.69, 9.17) is 4.52 Å². The van der Waals surface area contributed by atoms with Crippen LogP contribution >= 0.6 is 0 Å². The minimum atomic E-state index is -0.759. The van der Waals surface area contributed by atoms with Gasteiger partial charge < -0.3 is 9.42 Å². The number of carbonyl (C=O) groups is 2. The standard InChI is InChI=1S/C24H27N5O3/c1-16-7-6-8-19(11-16)13-28-23(31)29(22(30)24(28)9-4-5-10-24)20-12-25-27(14-20)15-21-17(2)26-32-18(21)3/h6-8,11-12,14H,4-5,9-10,13,15H2,1-3H3. The van der Waals surface area contributed by atoms with Crippen LogP contribution in [0.1, 0.15) is 53.8 Å². The van der Waals surface area contributed by atoms with E-state index in [1.54, 1.807) is 22.0 Å². The molecule has 3 amide bonds. The van der Waals surface area contributed by atoms with Crippen LogP contribution in [-0.2, 0) is 17.9 Å². The summed E-state index contributed by atoms with van der Waals surface area (Å²) in [6.07, 6.45) is 6.64. The van der Waals surface area contributed by atoms with Crippen molar-refractivity contribution in [1.82, 2.24) is 19.8 Å². The minimum Gasteiger partial charge on any atom is -0.361 e. The van der Waals surface area contributed by atoms with Crippen LogP contribution in [0.3, 0.4) is 0 Å². The Labute approximate surface area is 186 Å². The predicted octanol–water partition coefficient (Wildman–Crippen LogP) is 4.13. The first-order valence-electron chi connectivity index (χ1n) is 11.0. The van der Waals surface area contributed by atoms with Gasteiger partial charge in [0.15, 0.2) is 0 Å². The quantitative estimate of drug-likeness (QED) is 0.565. The van der Waals surface area contributed by atoms with Crippen LogP contribution in [0, 0.1) is 20.8 Å². The van der Waals surface area contributed by atoms with Gasteiger partial charge in [0.1, 0.15) is 11.3 Å². The van der Waals surface area contributed by atoms with Crippen molar-refractivity contribution in [2.75, 3.05) is 4.90 Å². The number of imide groups is 1. The molecule has 32 heavy (non-hydrogen) atoms. The van der Waals surface area contributed by atoms with E-state index >= 15 is 0 Å². The lowest BCUT2D eigenvalue weighted by Gasteiger charge is -2.31. The van der Waals surface area contributed by atoms with E-state index in [2.05, 4.69) is 16.3 Å². The number of hydrogen-bond acceptors (Lipinski definition) is 5. The smallest absolute Gasteiger partial charge is 0.332 e. The maximum Gasteiger partial charge on any atom is 0.332 e. The number of carbonyl (C=O) groups excluding carboxylic acids is 2. The van der Waals surface area contributed by atoms with E-state index in [0.29, 0.717) is 31.6 Å². The topological polar surface area (TPSA) is 84.5 Å². The molecule has 0 unspecified atom stereocenters. The first-order chi connectivity index (χ1) is 15.4. The lowest BCUT2D eigenvalue weighted by molar-refractivity contribution is -0.124. The number of rotatable bonds is 5. The molecule has 0 N–H and O–H groups in total. The number of amides is 3. The van der Waals surface area contributed by atoms with Crippen molar-refractivity contribution in [3.8, 4) is 0 Å². The van der Waals surface area contributed by atoms with Crippen molar-refractivity contribution in [2.24, 2.45) is 0 Å². The van der Waals surface area contributed by atoms with Crippen LogP contribution in [0.15, 0.2) is 41.2 Å². The maximum atomic E-state index is 13.6. The average molecular weight is 434 g/mol. The van der Waals surface area contributed by atoms with E-state index in [0.717, 1.165) is 41.0 Å². The number of nitrogens with zero attached hydrogens (tertiary/aromatic N) is 5. The van der Waals surface area contributed by atoms with Gasteiger partial charge >= 0.3 is 6.03 Å². The Morgan fingerprint density at radius 1 is 1.09 bits per heavy atom. The van der Waals surface area contributed by atoms with E-state index in [-0.39, 0.29) is 11.9 Å². The molecule has 0 radical (unpaired) electrons. The highest BCUT2D eigenvalue weighted by atomic mass is 16.5. The molecule has 3 heterocycles. The Hall–Kier alpha value is -3.42. The Kier molecular flexibility index (Phi) is 4.87. The maximum absolute atomic E-state index is 13.6. The van der Waals surface area contributed by atoms with Crippen molar-refractivity contribution < 1.29 is 14.1 Å². The van der Waals surface area contributed by atoms with Crippen molar-refractivity contribution in [1.29, 1.82) is 0 Å². The van der Waals surface area contributed by atoms with Crippen LogP contribution in [0.5, 0.6) is 0 Å². The van der Waals surface area contributed by atoms with Gasteiger partial charge in [-0.2, -0.15) is 5.10 Å². The van der Waals surface area contributed by atoms with E-state index < -0.39 is 5.54 Å². The molecule has 1 aliphatic heterocycles. The van der Waals surface area contributed by atoms with Crippen molar-refractivity contribution >= 4 is 17.6 Å². The molecule has 2 fully saturated rings. The van der Waals surface area contributed by atoms with Gasteiger partial charge in [0.2, 0.25) is 0 Å². The van der Waals surface area contributed by atoms with E-state index in [1.165, 1.54) is 4.90 Å². The van der Waals surface area contributed by atoms with Crippen LogP contribution in [0.4, 0.5) is 10.5 Å². The summed E-state index contributed by atoms with van der Waals surface area (Å²) in [6.45, 7) is 6.67. The summed E-state index contributed by atoms with van der Waals surface area (Å²) < 4.78 is 6.95. The third kappa shape index (κ3) is 3.21. The lowest BCUT2D eigenvalue weighted by Crippen LogP contribution is -2.46. The van der Waals surface area contributed by atoms with Gasteiger partial charge in [-0.05, 0) is 39.2 Å². The molecule has 5 rings (SSSR count). The first kappa shape index (κ1) is 20.5. The van der Waals surface area contributed by atoms with Gasteiger partial charge in [0, 0.05) is 18.3 Å². The van der Waals surface area contributed by atoms with Crippen LogP contribution in [0.25, 0.3) is 0 Å². The molecule has 1 saturated heterocycles. The molecular formula is C24H27N5O3. The predicted molar refractivity (Wildman–Crippen MR) is 118 cm³/mol. The summed E-state index contributed by atoms with van der Waals surface area (Å²) in [7, 11) is 0. The van der Waals surface area contributed by atoms with Crippen LogP contribution in [0.2, 0.25) is 0 Å². The van der Waals surface area contributed by atoms with Gasteiger partial charge in [-0.3, -0.25) is 9.48 Å². The van der Waals surface area contributed by atoms with E-state index in [9.17, 15) is 9.59 Å². The fourth-order valence-corrected chi connectivity index (χ4v) is 5.04. The Balaban J connectivity index is 1.45. The lowest BCUT2D eigenvalue weighted by atomic mass is 9.95. The number of aromatic nitrogens is 3. The fourth-order valence-electron chi connectivity index (χ4n) is 5.04. The number of hydrogen-bond donors (Lipinski definition) is 0. The van der Waals surface area contributed by atoms with Gasteiger partial charge in [-0.25, -0.2) is 9.69 Å². The second-order valence-electron chi connectivity index (χ2n) is 8.94. The summed E-state index contributed by atoms with van der Waals surface area (Å²) in [4.78, 5) is 30.3. The molecule has 2 aliphatic rings. The summed E-state index contributed by atoms with van der Waals surface area (Å²) >= 11 is 0. The summed E-state index contributed by atoms with van der Waals surface area (Å²) in [5.74, 6) is 0.603. The van der Waals surface area contributed by atoms with E-state index in [1.807, 2.05) is 39.0 Å². The molecular weight excluding hydrogens is 406 g/mol. The Bertz CT molecular complexity index is 1170. The fraction of sp³-hybridized carbons (Fsp3) is 0.417. The number of urea groups is 1. The van der Waals surface area contributed by atoms with Crippen LogP contribution in [-0.4, -0.2) is 37.3 Å². The van der Waals surface area contributed by atoms with Gasteiger partial charge in [0.25, 0.3) is 5.91 Å². The molecule has 2 aromatic heterocycles. The van der Waals surface area contributed by atoms with Gasteiger partial charge in [-0.1, -0.05) is 47.8 Å². The number of aryl methyl sites for hydroxylation is 3. The summed E-state index contributed by atoms with van der Waals surface area (Å²) in [5.41, 5.74) is 3.68. The zero-order valence-corrected chi connectivity index (χ0v) is 18.7. The molecule has 0 bridgehead atoms. The summed E-state index contributed by atoms with van der Waals surface area (Å²) in [6, 6.07) is 7.84. The largest absolute Gasteiger partial charge is 0.361 e. The number of benzene rings is 1. The third-order valence-electron chi connectivity index (χ3n) is 6.77. The number of anilines is 1. The highest BCUT2D eigenvalue weighted by molar-refractivity contribution is 6.23. The van der Waals surface area contributed by atoms with Crippen molar-refractivity contribution in [3.05, 3.63) is 64.8 Å². The molecule has 1 saturated carbocycles. The first-order valence-corrected chi connectivity index (χ1v) is 11.0. The molecule has 0 atom stereocenters. The summed E-state index contributed by atoms with van der Waals surface area (Å²) in [5, 5.41) is 8.39. The average Bonchev–Trinajstić information content (AvgIpc) is 3.53. The van der Waals surface area contributed by atoms with Crippen molar-refractivity contribution in [3.63, 3.8) is 0 Å². The Morgan fingerprint density at radius 3 is 2.56 bits per heavy atom. The monoisotopic (exact) mass is 433 g/mol. The molecule has 1 aliphatic carbocycles. The highest BCUT2D eigenvalue weighted by Crippen LogP contribution is 2.44.